The number of hydrogen-bond acceptors (Lipinski definition) is 4. The summed E-state index contributed by atoms with van der Waals surface area (Å²) < 4.78 is 10.9. The van der Waals surface area contributed by atoms with Crippen molar-refractivity contribution in [2.75, 3.05) is 39.9 Å². The molecule has 1 aliphatic heterocycles. The Hall–Kier alpha value is -0.160. The predicted octanol–water partition coefficient (Wildman–Crippen LogP) is 0.461. The van der Waals surface area contributed by atoms with E-state index in [0.717, 1.165) is 32.5 Å². The van der Waals surface area contributed by atoms with Crippen LogP contribution in [-0.2, 0) is 9.47 Å². The molecule has 1 fully saturated rings. The van der Waals surface area contributed by atoms with E-state index in [9.17, 15) is 0 Å². The molecule has 1 aliphatic rings. The monoisotopic (exact) mass is 216 g/mol. The average molecular weight is 216 g/mol. The Balaban J connectivity index is 2.12. The van der Waals surface area contributed by atoms with E-state index < -0.39 is 0 Å². The molecular formula is C11H24N2O2. The first kappa shape index (κ1) is 12.9. The molecule has 0 aromatic rings. The second-order valence-corrected chi connectivity index (χ2v) is 4.21. The van der Waals surface area contributed by atoms with E-state index in [0.29, 0.717) is 25.4 Å². The maximum atomic E-state index is 5.63. The summed E-state index contributed by atoms with van der Waals surface area (Å²) in [5.41, 5.74) is 5.40. The van der Waals surface area contributed by atoms with Gasteiger partial charge in [-0.1, -0.05) is 0 Å². The molecule has 0 saturated carbocycles. The lowest BCUT2D eigenvalue weighted by molar-refractivity contribution is -0.00206. The van der Waals surface area contributed by atoms with Crippen LogP contribution in [0, 0.1) is 0 Å². The molecule has 1 saturated heterocycles. The van der Waals surface area contributed by atoms with Crippen LogP contribution in [-0.4, -0.2) is 57.0 Å². The van der Waals surface area contributed by atoms with E-state index in [-0.39, 0.29) is 0 Å². The van der Waals surface area contributed by atoms with Crippen molar-refractivity contribution < 1.29 is 9.47 Å². The fraction of sp³-hybridized carbons (Fsp3) is 1.00. The maximum absolute atomic E-state index is 5.63. The normalized spacial score (nSPS) is 21.8. The quantitative estimate of drug-likeness (QED) is 0.701. The second-order valence-electron chi connectivity index (χ2n) is 4.21. The summed E-state index contributed by atoms with van der Waals surface area (Å²) in [4.78, 5) is 2.44. The Morgan fingerprint density at radius 3 is 2.60 bits per heavy atom. The molecule has 0 amide bonds. The lowest BCUT2D eigenvalue weighted by atomic mass is 10.1. The summed E-state index contributed by atoms with van der Waals surface area (Å²) in [6, 6.07) is 0. The van der Waals surface area contributed by atoms with Gasteiger partial charge in [-0.05, 0) is 19.8 Å². The molecule has 0 bridgehead atoms. The first-order valence-corrected chi connectivity index (χ1v) is 5.83. The first-order chi connectivity index (χ1) is 7.26. The molecule has 15 heavy (non-hydrogen) atoms. The molecule has 1 heterocycles. The molecule has 0 spiro atoms. The van der Waals surface area contributed by atoms with Gasteiger partial charge in [0.25, 0.3) is 0 Å². The molecule has 4 heteroatoms. The zero-order valence-corrected chi connectivity index (χ0v) is 9.95. The molecule has 0 aromatic heterocycles. The fourth-order valence-corrected chi connectivity index (χ4v) is 1.93. The Kier molecular flexibility index (Phi) is 6.17. The van der Waals surface area contributed by atoms with Crippen LogP contribution in [0.3, 0.4) is 0 Å². The summed E-state index contributed by atoms with van der Waals surface area (Å²) in [5.74, 6) is 0. The van der Waals surface area contributed by atoms with Gasteiger partial charge in [0.05, 0.1) is 18.8 Å². The van der Waals surface area contributed by atoms with Gasteiger partial charge in [-0.25, -0.2) is 0 Å². The van der Waals surface area contributed by atoms with Crippen molar-refractivity contribution in [2.45, 2.75) is 32.0 Å². The van der Waals surface area contributed by atoms with E-state index in [2.05, 4.69) is 11.8 Å². The maximum Gasteiger partial charge on any atom is 0.0670 e. The fourth-order valence-electron chi connectivity index (χ4n) is 1.93. The minimum Gasteiger partial charge on any atom is -0.380 e. The number of ether oxygens (including phenoxy) is 2. The molecule has 1 rings (SSSR count). The van der Waals surface area contributed by atoms with Crippen molar-refractivity contribution in [3.8, 4) is 0 Å². The van der Waals surface area contributed by atoms with Crippen LogP contribution < -0.4 is 5.73 Å². The van der Waals surface area contributed by atoms with Crippen molar-refractivity contribution in [1.29, 1.82) is 0 Å². The van der Waals surface area contributed by atoms with Crippen LogP contribution in [0.4, 0.5) is 0 Å². The molecule has 0 aromatic carbocycles. The van der Waals surface area contributed by atoms with Gasteiger partial charge in [0.2, 0.25) is 0 Å². The van der Waals surface area contributed by atoms with E-state index in [1.807, 2.05) is 0 Å². The third-order valence-electron chi connectivity index (χ3n) is 2.92. The molecule has 1 atom stereocenters. The zero-order chi connectivity index (χ0) is 11.1. The molecule has 1 unspecified atom stereocenters. The van der Waals surface area contributed by atoms with Gasteiger partial charge in [-0.3, -0.25) is 0 Å². The SMILES string of the molecule is COC(C)CN1CCC(OCCN)CC1. The lowest BCUT2D eigenvalue weighted by Gasteiger charge is -2.33. The highest BCUT2D eigenvalue weighted by Crippen LogP contribution is 2.13. The second kappa shape index (κ2) is 7.17. The number of rotatable bonds is 6. The van der Waals surface area contributed by atoms with Gasteiger partial charge in [0, 0.05) is 33.3 Å². The standard InChI is InChI=1S/C11H24N2O2/c1-10(14-2)9-13-6-3-11(4-7-13)15-8-5-12/h10-11H,3-9,12H2,1-2H3. The van der Waals surface area contributed by atoms with Gasteiger partial charge in [-0.2, -0.15) is 0 Å². The highest BCUT2D eigenvalue weighted by Gasteiger charge is 2.20. The van der Waals surface area contributed by atoms with Gasteiger partial charge in [0.1, 0.15) is 0 Å². The number of piperidine rings is 1. The minimum absolute atomic E-state index is 0.325. The summed E-state index contributed by atoms with van der Waals surface area (Å²) >= 11 is 0. The topological polar surface area (TPSA) is 47.7 Å². The Labute approximate surface area is 92.7 Å². The third-order valence-corrected chi connectivity index (χ3v) is 2.92. The summed E-state index contributed by atoms with van der Waals surface area (Å²) in [6.07, 6.45) is 2.99. The molecule has 2 N–H and O–H groups in total. The van der Waals surface area contributed by atoms with Gasteiger partial charge >= 0.3 is 0 Å². The molecule has 0 aliphatic carbocycles. The average Bonchev–Trinajstić information content (AvgIpc) is 2.28. The van der Waals surface area contributed by atoms with Gasteiger partial charge in [0.15, 0.2) is 0 Å². The number of nitrogens with two attached hydrogens (primary N) is 1. The van der Waals surface area contributed by atoms with Gasteiger partial charge in [-0.15, -0.1) is 0 Å². The van der Waals surface area contributed by atoms with Crippen molar-refractivity contribution >= 4 is 0 Å². The summed E-state index contributed by atoms with van der Waals surface area (Å²) in [5, 5.41) is 0. The van der Waals surface area contributed by atoms with Crippen molar-refractivity contribution in [3.63, 3.8) is 0 Å². The van der Waals surface area contributed by atoms with Gasteiger partial charge < -0.3 is 20.1 Å². The molecule has 90 valence electrons. The summed E-state index contributed by atoms with van der Waals surface area (Å²) in [7, 11) is 1.77. The Morgan fingerprint density at radius 1 is 1.40 bits per heavy atom. The first-order valence-electron chi connectivity index (χ1n) is 5.83. The largest absolute Gasteiger partial charge is 0.380 e. The smallest absolute Gasteiger partial charge is 0.0670 e. The van der Waals surface area contributed by atoms with Crippen molar-refractivity contribution in [2.24, 2.45) is 5.73 Å². The van der Waals surface area contributed by atoms with Crippen LogP contribution in [0.2, 0.25) is 0 Å². The predicted molar refractivity (Wildman–Crippen MR) is 60.9 cm³/mol. The number of likely N-dealkylation sites (tertiary alicyclic amines) is 1. The van der Waals surface area contributed by atoms with E-state index in [1.165, 1.54) is 0 Å². The number of nitrogens with zero attached hydrogens (tertiary/aromatic N) is 1. The minimum atomic E-state index is 0.325. The summed E-state index contributed by atoms with van der Waals surface area (Å²) in [6.45, 7) is 6.68. The van der Waals surface area contributed by atoms with E-state index >= 15 is 0 Å². The third kappa shape index (κ3) is 4.93. The Morgan fingerprint density at radius 2 is 2.07 bits per heavy atom. The van der Waals surface area contributed by atoms with Crippen molar-refractivity contribution in [3.05, 3.63) is 0 Å². The molecule has 0 radical (unpaired) electrons. The zero-order valence-electron chi connectivity index (χ0n) is 9.95. The van der Waals surface area contributed by atoms with Crippen molar-refractivity contribution in [1.82, 2.24) is 4.90 Å². The highest BCUT2D eigenvalue weighted by molar-refractivity contribution is 4.74. The van der Waals surface area contributed by atoms with E-state index in [4.69, 9.17) is 15.2 Å². The highest BCUT2D eigenvalue weighted by atomic mass is 16.5. The van der Waals surface area contributed by atoms with Crippen LogP contribution in [0.1, 0.15) is 19.8 Å². The lowest BCUT2D eigenvalue weighted by Crippen LogP contribution is -2.41. The number of methoxy groups -OCH3 is 1. The molecule has 4 nitrogen and oxygen atoms in total. The number of hydrogen-bond donors (Lipinski definition) is 1. The van der Waals surface area contributed by atoms with Crippen LogP contribution >= 0.6 is 0 Å². The van der Waals surface area contributed by atoms with E-state index in [1.54, 1.807) is 7.11 Å². The van der Waals surface area contributed by atoms with Crippen LogP contribution in [0.15, 0.2) is 0 Å². The Bertz CT molecular complexity index is 159. The van der Waals surface area contributed by atoms with Crippen LogP contribution in [0.5, 0.6) is 0 Å². The molecular weight excluding hydrogens is 192 g/mol. The van der Waals surface area contributed by atoms with Crippen LogP contribution in [0.25, 0.3) is 0 Å².